The molecule has 22 heavy (non-hydrogen) atoms. The minimum absolute atomic E-state index is 0.595. The van der Waals surface area contributed by atoms with Gasteiger partial charge in [0, 0.05) is 31.6 Å². The van der Waals surface area contributed by atoms with Crippen molar-refractivity contribution in [1.82, 2.24) is 9.97 Å². The van der Waals surface area contributed by atoms with E-state index in [1.807, 2.05) is 6.07 Å². The lowest BCUT2D eigenvalue weighted by atomic mass is 9.77. The van der Waals surface area contributed by atoms with Gasteiger partial charge in [-0.25, -0.2) is 9.97 Å². The number of fused-ring (bicyclic) bond motifs is 1. The first kappa shape index (κ1) is 13.5. The summed E-state index contributed by atoms with van der Waals surface area (Å²) in [7, 11) is 0. The summed E-state index contributed by atoms with van der Waals surface area (Å²) in [6.07, 6.45) is 2.80. The third-order valence-corrected chi connectivity index (χ3v) is 4.48. The average molecular weight is 296 g/mol. The van der Waals surface area contributed by atoms with Gasteiger partial charge in [-0.1, -0.05) is 24.3 Å². The van der Waals surface area contributed by atoms with Crippen molar-refractivity contribution in [3.05, 3.63) is 47.8 Å². The van der Waals surface area contributed by atoms with Gasteiger partial charge in [0.25, 0.3) is 0 Å². The van der Waals surface area contributed by atoms with Gasteiger partial charge < -0.3 is 15.0 Å². The fourth-order valence-corrected chi connectivity index (χ4v) is 3.18. The van der Waals surface area contributed by atoms with E-state index in [-0.39, 0.29) is 0 Å². The molecule has 1 N–H and O–H groups in total. The normalized spacial score (nSPS) is 20.2. The smallest absolute Gasteiger partial charge is 0.134 e. The van der Waals surface area contributed by atoms with Gasteiger partial charge in [0.15, 0.2) is 0 Å². The molecule has 1 aliphatic carbocycles. The average Bonchev–Trinajstić information content (AvgIpc) is 2.57. The van der Waals surface area contributed by atoms with Crippen molar-refractivity contribution in [3.8, 4) is 0 Å². The Balaban J connectivity index is 1.39. The molecule has 1 aromatic heterocycles. The van der Waals surface area contributed by atoms with Gasteiger partial charge in [-0.15, -0.1) is 0 Å². The fourth-order valence-electron chi connectivity index (χ4n) is 3.18. The van der Waals surface area contributed by atoms with Crippen LogP contribution in [0.4, 0.5) is 11.6 Å². The van der Waals surface area contributed by atoms with Crippen LogP contribution in [0.1, 0.15) is 17.0 Å². The molecule has 0 saturated carbocycles. The minimum Gasteiger partial charge on any atom is -0.378 e. The van der Waals surface area contributed by atoms with Gasteiger partial charge in [0.05, 0.1) is 13.2 Å². The minimum atomic E-state index is 0.595. The highest BCUT2D eigenvalue weighted by Gasteiger charge is 2.25. The molecule has 1 saturated heterocycles. The highest BCUT2D eigenvalue weighted by Crippen LogP contribution is 2.34. The number of anilines is 2. The predicted octanol–water partition coefficient (Wildman–Crippen LogP) is 2.06. The van der Waals surface area contributed by atoms with Crippen molar-refractivity contribution in [3.63, 3.8) is 0 Å². The second-order valence-electron chi connectivity index (χ2n) is 5.84. The van der Waals surface area contributed by atoms with Crippen LogP contribution in [-0.4, -0.2) is 42.8 Å². The molecular formula is C17H20N4O. The van der Waals surface area contributed by atoms with Crippen LogP contribution >= 0.6 is 0 Å². The van der Waals surface area contributed by atoms with Crippen molar-refractivity contribution >= 4 is 11.6 Å². The first-order chi connectivity index (χ1) is 10.9. The summed E-state index contributed by atoms with van der Waals surface area (Å²) < 4.78 is 5.39. The molecule has 4 rings (SSSR count). The van der Waals surface area contributed by atoms with Crippen LogP contribution in [0, 0.1) is 0 Å². The second-order valence-corrected chi connectivity index (χ2v) is 5.84. The van der Waals surface area contributed by atoms with E-state index in [0.29, 0.717) is 5.92 Å². The SMILES string of the molecule is c1ccc2c(c1)CC2CNc1cc(N2CCOCC2)ncn1. The van der Waals surface area contributed by atoms with Gasteiger partial charge in [-0.05, 0) is 17.5 Å². The Kier molecular flexibility index (Phi) is 3.64. The van der Waals surface area contributed by atoms with E-state index in [4.69, 9.17) is 4.74 Å². The van der Waals surface area contributed by atoms with Crippen LogP contribution in [0.5, 0.6) is 0 Å². The van der Waals surface area contributed by atoms with Gasteiger partial charge in [-0.2, -0.15) is 0 Å². The zero-order chi connectivity index (χ0) is 14.8. The number of nitrogens with zero attached hydrogens (tertiary/aromatic N) is 3. The zero-order valence-corrected chi connectivity index (χ0v) is 12.5. The standard InChI is InChI=1S/C17H20N4O/c1-2-4-15-13(3-1)9-14(15)11-18-16-10-17(20-12-19-16)21-5-7-22-8-6-21/h1-4,10,12,14H,5-9,11H2,(H,18,19,20). The summed E-state index contributed by atoms with van der Waals surface area (Å²) >= 11 is 0. The Labute approximate surface area is 130 Å². The fraction of sp³-hybridized carbons (Fsp3) is 0.412. The molecule has 2 heterocycles. The van der Waals surface area contributed by atoms with Crippen LogP contribution in [0.2, 0.25) is 0 Å². The quantitative estimate of drug-likeness (QED) is 0.936. The predicted molar refractivity (Wildman–Crippen MR) is 86.4 cm³/mol. The molecule has 5 heteroatoms. The monoisotopic (exact) mass is 296 g/mol. The molecule has 2 aliphatic rings. The Morgan fingerprint density at radius 1 is 1.18 bits per heavy atom. The van der Waals surface area contributed by atoms with E-state index in [2.05, 4.69) is 44.5 Å². The number of benzene rings is 1. The van der Waals surface area contributed by atoms with Crippen molar-refractivity contribution in [1.29, 1.82) is 0 Å². The molecule has 114 valence electrons. The van der Waals surface area contributed by atoms with Crippen molar-refractivity contribution < 1.29 is 4.74 Å². The van der Waals surface area contributed by atoms with Crippen molar-refractivity contribution in [2.75, 3.05) is 43.1 Å². The van der Waals surface area contributed by atoms with Gasteiger partial charge >= 0.3 is 0 Å². The van der Waals surface area contributed by atoms with Crippen molar-refractivity contribution in [2.24, 2.45) is 0 Å². The maximum atomic E-state index is 5.39. The molecule has 5 nitrogen and oxygen atoms in total. The summed E-state index contributed by atoms with van der Waals surface area (Å²) in [5.74, 6) is 2.48. The Morgan fingerprint density at radius 2 is 2.05 bits per heavy atom. The van der Waals surface area contributed by atoms with Crippen LogP contribution < -0.4 is 10.2 Å². The van der Waals surface area contributed by atoms with E-state index in [1.165, 1.54) is 11.1 Å². The number of ether oxygens (including phenoxy) is 1. The molecule has 1 aromatic carbocycles. The molecule has 1 atom stereocenters. The molecule has 0 spiro atoms. The lowest BCUT2D eigenvalue weighted by Crippen LogP contribution is -2.36. The van der Waals surface area contributed by atoms with E-state index < -0.39 is 0 Å². The maximum absolute atomic E-state index is 5.39. The molecule has 1 aliphatic heterocycles. The first-order valence-electron chi connectivity index (χ1n) is 7.86. The van der Waals surface area contributed by atoms with Gasteiger partial charge in [-0.3, -0.25) is 0 Å². The summed E-state index contributed by atoms with van der Waals surface area (Å²) in [5, 5.41) is 3.46. The van der Waals surface area contributed by atoms with E-state index in [9.17, 15) is 0 Å². The van der Waals surface area contributed by atoms with Gasteiger partial charge in [0.2, 0.25) is 0 Å². The van der Waals surface area contributed by atoms with Crippen LogP contribution in [0.25, 0.3) is 0 Å². The Bertz CT molecular complexity index is 655. The molecule has 0 radical (unpaired) electrons. The van der Waals surface area contributed by atoms with Gasteiger partial charge in [0.1, 0.15) is 18.0 Å². The summed E-state index contributed by atoms with van der Waals surface area (Å²) in [4.78, 5) is 11.0. The first-order valence-corrected chi connectivity index (χ1v) is 7.86. The van der Waals surface area contributed by atoms with E-state index in [0.717, 1.165) is 50.9 Å². The topological polar surface area (TPSA) is 50.3 Å². The summed E-state index contributed by atoms with van der Waals surface area (Å²) in [6.45, 7) is 4.26. The highest BCUT2D eigenvalue weighted by molar-refractivity contribution is 5.49. The number of rotatable bonds is 4. The molecular weight excluding hydrogens is 276 g/mol. The van der Waals surface area contributed by atoms with E-state index >= 15 is 0 Å². The lowest BCUT2D eigenvalue weighted by molar-refractivity contribution is 0.122. The Hall–Kier alpha value is -2.14. The van der Waals surface area contributed by atoms with Crippen LogP contribution in [0.3, 0.4) is 0 Å². The van der Waals surface area contributed by atoms with Crippen LogP contribution in [0.15, 0.2) is 36.7 Å². The third kappa shape index (κ3) is 2.64. The molecule has 0 bridgehead atoms. The number of aromatic nitrogens is 2. The number of hydrogen-bond donors (Lipinski definition) is 1. The maximum Gasteiger partial charge on any atom is 0.134 e. The molecule has 0 amide bonds. The highest BCUT2D eigenvalue weighted by atomic mass is 16.5. The van der Waals surface area contributed by atoms with E-state index in [1.54, 1.807) is 6.33 Å². The number of morpholine rings is 1. The number of nitrogens with one attached hydrogen (secondary N) is 1. The van der Waals surface area contributed by atoms with Crippen LogP contribution in [-0.2, 0) is 11.2 Å². The second kappa shape index (κ2) is 5.93. The molecule has 1 fully saturated rings. The largest absolute Gasteiger partial charge is 0.378 e. The Morgan fingerprint density at radius 3 is 2.91 bits per heavy atom. The molecule has 1 unspecified atom stereocenters. The summed E-state index contributed by atoms with van der Waals surface area (Å²) in [5.41, 5.74) is 2.95. The third-order valence-electron chi connectivity index (χ3n) is 4.48. The number of hydrogen-bond acceptors (Lipinski definition) is 5. The molecule has 2 aromatic rings. The summed E-state index contributed by atoms with van der Waals surface area (Å²) in [6, 6.07) is 10.7. The lowest BCUT2D eigenvalue weighted by Gasteiger charge is -2.30. The van der Waals surface area contributed by atoms with Crippen molar-refractivity contribution in [2.45, 2.75) is 12.3 Å². The zero-order valence-electron chi connectivity index (χ0n) is 12.5.